The SMILES string of the molecule is CCOC(=O)C(C)(C)Oc1ccc(/C=N/c2ccc(C)cc2)cc1. The second-order valence-electron chi connectivity index (χ2n) is 6.00. The molecule has 0 unspecified atom stereocenters. The van der Waals surface area contributed by atoms with Gasteiger partial charge in [-0.2, -0.15) is 0 Å². The summed E-state index contributed by atoms with van der Waals surface area (Å²) in [6.07, 6.45) is 1.80. The fourth-order valence-electron chi connectivity index (χ4n) is 2.04. The molecule has 0 aliphatic rings. The highest BCUT2D eigenvalue weighted by molar-refractivity contribution is 5.82. The number of esters is 1. The Morgan fingerprint density at radius 2 is 1.71 bits per heavy atom. The van der Waals surface area contributed by atoms with Crippen molar-refractivity contribution in [1.29, 1.82) is 0 Å². The van der Waals surface area contributed by atoms with Crippen molar-refractivity contribution in [3.8, 4) is 5.75 Å². The molecule has 0 amide bonds. The molecule has 0 aliphatic heterocycles. The van der Waals surface area contributed by atoms with Crippen LogP contribution in [0.4, 0.5) is 5.69 Å². The average molecular weight is 325 g/mol. The predicted molar refractivity (Wildman–Crippen MR) is 96.2 cm³/mol. The molecule has 24 heavy (non-hydrogen) atoms. The van der Waals surface area contributed by atoms with E-state index in [1.807, 2.05) is 55.5 Å². The maximum atomic E-state index is 11.9. The fraction of sp³-hybridized carbons (Fsp3) is 0.300. The number of rotatable bonds is 6. The molecule has 0 saturated carbocycles. The van der Waals surface area contributed by atoms with Crippen LogP contribution >= 0.6 is 0 Å². The van der Waals surface area contributed by atoms with Crippen LogP contribution in [0.5, 0.6) is 5.75 Å². The summed E-state index contributed by atoms with van der Waals surface area (Å²) in [6, 6.07) is 15.4. The number of aliphatic imine (C=N–C) groups is 1. The first kappa shape index (κ1) is 17.7. The average Bonchev–Trinajstić information content (AvgIpc) is 2.55. The van der Waals surface area contributed by atoms with Crippen LogP contribution in [0.25, 0.3) is 0 Å². The number of carbonyl (C=O) groups excluding carboxylic acids is 1. The van der Waals surface area contributed by atoms with Gasteiger partial charge >= 0.3 is 5.97 Å². The summed E-state index contributed by atoms with van der Waals surface area (Å²) >= 11 is 0. The quantitative estimate of drug-likeness (QED) is 0.582. The van der Waals surface area contributed by atoms with Crippen LogP contribution in [0.15, 0.2) is 53.5 Å². The van der Waals surface area contributed by atoms with Crippen molar-refractivity contribution in [3.05, 3.63) is 59.7 Å². The van der Waals surface area contributed by atoms with Gasteiger partial charge in [-0.05, 0) is 69.7 Å². The Morgan fingerprint density at radius 3 is 2.29 bits per heavy atom. The Bertz CT molecular complexity index is 701. The van der Waals surface area contributed by atoms with Crippen LogP contribution < -0.4 is 4.74 Å². The van der Waals surface area contributed by atoms with Crippen molar-refractivity contribution in [2.45, 2.75) is 33.3 Å². The minimum Gasteiger partial charge on any atom is -0.476 e. The maximum Gasteiger partial charge on any atom is 0.349 e. The van der Waals surface area contributed by atoms with Crippen LogP contribution in [0.1, 0.15) is 31.9 Å². The Kier molecular flexibility index (Phi) is 5.74. The third kappa shape index (κ3) is 4.95. The largest absolute Gasteiger partial charge is 0.476 e. The topological polar surface area (TPSA) is 47.9 Å². The molecule has 0 aliphatic carbocycles. The van der Waals surface area contributed by atoms with E-state index in [-0.39, 0.29) is 5.97 Å². The molecule has 0 saturated heterocycles. The second kappa shape index (κ2) is 7.77. The molecule has 0 N–H and O–H groups in total. The minimum absolute atomic E-state index is 0.333. The van der Waals surface area contributed by atoms with Gasteiger partial charge in [-0.25, -0.2) is 4.79 Å². The monoisotopic (exact) mass is 325 g/mol. The standard InChI is InChI=1S/C20H23NO3/c1-5-23-19(22)20(3,4)24-18-12-8-16(9-13-18)14-21-17-10-6-15(2)7-11-17/h6-14H,5H2,1-4H3/b21-14+. The molecule has 2 aromatic carbocycles. The summed E-state index contributed by atoms with van der Waals surface area (Å²) in [6.45, 7) is 7.54. The van der Waals surface area contributed by atoms with Gasteiger partial charge in [0.05, 0.1) is 12.3 Å². The molecule has 2 rings (SSSR count). The molecular weight excluding hydrogens is 302 g/mol. The molecule has 0 spiro atoms. The highest BCUT2D eigenvalue weighted by atomic mass is 16.6. The Labute approximate surface area is 143 Å². The molecule has 0 atom stereocenters. The number of hydrogen-bond donors (Lipinski definition) is 0. The number of hydrogen-bond acceptors (Lipinski definition) is 4. The zero-order valence-corrected chi connectivity index (χ0v) is 14.6. The first-order chi connectivity index (χ1) is 11.4. The first-order valence-electron chi connectivity index (χ1n) is 7.98. The van der Waals surface area contributed by atoms with E-state index < -0.39 is 5.60 Å². The van der Waals surface area contributed by atoms with Gasteiger partial charge in [-0.3, -0.25) is 4.99 Å². The molecule has 0 heterocycles. The van der Waals surface area contributed by atoms with E-state index in [4.69, 9.17) is 9.47 Å². The third-order valence-electron chi connectivity index (χ3n) is 3.42. The number of carbonyl (C=O) groups is 1. The third-order valence-corrected chi connectivity index (χ3v) is 3.42. The lowest BCUT2D eigenvalue weighted by atomic mass is 10.1. The number of aryl methyl sites for hydroxylation is 1. The summed E-state index contributed by atoms with van der Waals surface area (Å²) < 4.78 is 10.7. The van der Waals surface area contributed by atoms with Crippen LogP contribution in [0.2, 0.25) is 0 Å². The van der Waals surface area contributed by atoms with Gasteiger partial charge < -0.3 is 9.47 Å². The van der Waals surface area contributed by atoms with Gasteiger partial charge in [-0.1, -0.05) is 17.7 Å². The number of benzene rings is 2. The fourth-order valence-corrected chi connectivity index (χ4v) is 2.04. The predicted octanol–water partition coefficient (Wildman–Crippen LogP) is 4.47. The zero-order chi connectivity index (χ0) is 17.6. The van der Waals surface area contributed by atoms with E-state index in [2.05, 4.69) is 4.99 Å². The molecule has 0 aromatic heterocycles. The second-order valence-corrected chi connectivity index (χ2v) is 6.00. The summed E-state index contributed by atoms with van der Waals surface area (Å²) in [5.74, 6) is 0.232. The van der Waals surface area contributed by atoms with Gasteiger partial charge in [0.25, 0.3) is 0 Å². The van der Waals surface area contributed by atoms with Gasteiger partial charge in [-0.15, -0.1) is 0 Å². The molecule has 2 aromatic rings. The van der Waals surface area contributed by atoms with Crippen molar-refractivity contribution in [1.82, 2.24) is 0 Å². The molecule has 0 radical (unpaired) electrons. The Hall–Kier alpha value is -2.62. The lowest BCUT2D eigenvalue weighted by Crippen LogP contribution is -2.39. The van der Waals surface area contributed by atoms with Gasteiger partial charge in [0.2, 0.25) is 0 Å². The van der Waals surface area contributed by atoms with E-state index in [0.29, 0.717) is 12.4 Å². The lowest BCUT2D eigenvalue weighted by molar-refractivity contribution is -0.158. The number of ether oxygens (including phenoxy) is 2. The summed E-state index contributed by atoms with van der Waals surface area (Å²) in [4.78, 5) is 16.3. The molecule has 0 fully saturated rings. The highest BCUT2D eigenvalue weighted by Gasteiger charge is 2.31. The minimum atomic E-state index is -1.02. The molecule has 4 heteroatoms. The summed E-state index contributed by atoms with van der Waals surface area (Å²) in [5, 5.41) is 0. The van der Waals surface area contributed by atoms with Crippen molar-refractivity contribution >= 4 is 17.9 Å². The smallest absolute Gasteiger partial charge is 0.349 e. The normalized spacial score (nSPS) is 11.5. The summed E-state index contributed by atoms with van der Waals surface area (Å²) in [5.41, 5.74) is 2.05. The lowest BCUT2D eigenvalue weighted by Gasteiger charge is -2.24. The van der Waals surface area contributed by atoms with Crippen LogP contribution in [-0.2, 0) is 9.53 Å². The van der Waals surface area contributed by atoms with E-state index in [9.17, 15) is 4.79 Å². The Morgan fingerprint density at radius 1 is 1.08 bits per heavy atom. The van der Waals surface area contributed by atoms with Crippen LogP contribution in [0, 0.1) is 6.92 Å². The molecular formula is C20H23NO3. The Balaban J connectivity index is 2.02. The van der Waals surface area contributed by atoms with E-state index in [1.165, 1.54) is 5.56 Å². The number of nitrogens with zero attached hydrogens (tertiary/aromatic N) is 1. The van der Waals surface area contributed by atoms with Crippen molar-refractivity contribution in [2.24, 2.45) is 4.99 Å². The molecule has 126 valence electrons. The van der Waals surface area contributed by atoms with Crippen molar-refractivity contribution in [2.75, 3.05) is 6.61 Å². The zero-order valence-electron chi connectivity index (χ0n) is 14.6. The van der Waals surface area contributed by atoms with E-state index in [1.54, 1.807) is 27.0 Å². The first-order valence-corrected chi connectivity index (χ1v) is 7.98. The van der Waals surface area contributed by atoms with Gasteiger partial charge in [0, 0.05) is 6.21 Å². The molecule has 0 bridgehead atoms. The molecule has 4 nitrogen and oxygen atoms in total. The van der Waals surface area contributed by atoms with E-state index >= 15 is 0 Å². The van der Waals surface area contributed by atoms with E-state index in [0.717, 1.165) is 11.3 Å². The van der Waals surface area contributed by atoms with Crippen LogP contribution in [-0.4, -0.2) is 24.4 Å². The highest BCUT2D eigenvalue weighted by Crippen LogP contribution is 2.20. The van der Waals surface area contributed by atoms with Gasteiger partial charge in [0.15, 0.2) is 5.60 Å². The van der Waals surface area contributed by atoms with Crippen molar-refractivity contribution < 1.29 is 14.3 Å². The summed E-state index contributed by atoms with van der Waals surface area (Å²) in [7, 11) is 0. The van der Waals surface area contributed by atoms with Crippen LogP contribution in [0.3, 0.4) is 0 Å². The van der Waals surface area contributed by atoms with Crippen molar-refractivity contribution in [3.63, 3.8) is 0 Å². The van der Waals surface area contributed by atoms with Gasteiger partial charge in [0.1, 0.15) is 5.75 Å². The maximum absolute atomic E-state index is 11.9.